The van der Waals surface area contributed by atoms with Crippen molar-refractivity contribution in [2.24, 2.45) is 7.05 Å². The molecule has 2 aromatic rings. The lowest BCUT2D eigenvalue weighted by molar-refractivity contribution is 0.215. The smallest absolute Gasteiger partial charge is 0.282 e. The van der Waals surface area contributed by atoms with Gasteiger partial charge >= 0.3 is 0 Å². The van der Waals surface area contributed by atoms with Crippen molar-refractivity contribution in [2.45, 2.75) is 13.5 Å². The summed E-state index contributed by atoms with van der Waals surface area (Å²) < 4.78 is 7.03. The van der Waals surface area contributed by atoms with Crippen LogP contribution < -0.4 is 10.5 Å². The van der Waals surface area contributed by atoms with Crippen LogP contribution in [-0.4, -0.2) is 51.0 Å². The van der Waals surface area contributed by atoms with Gasteiger partial charge in [-0.1, -0.05) is 5.16 Å². The van der Waals surface area contributed by atoms with Crippen molar-refractivity contribution in [1.82, 2.24) is 24.8 Å². The van der Waals surface area contributed by atoms with Gasteiger partial charge in [0.25, 0.3) is 5.56 Å². The lowest BCUT2D eigenvalue weighted by Crippen LogP contribution is -2.46. The summed E-state index contributed by atoms with van der Waals surface area (Å²) in [5, 5.41) is 7.89. The average molecular weight is 369 g/mol. The molecule has 1 saturated heterocycles. The summed E-state index contributed by atoms with van der Waals surface area (Å²) in [5.74, 6) is 1.30. The Bertz CT molecular complexity index is 720. The largest absolute Gasteiger partial charge is 0.367 e. The predicted octanol–water partition coefficient (Wildman–Crippen LogP) is 0.556. The van der Waals surface area contributed by atoms with Gasteiger partial charge in [0.15, 0.2) is 5.82 Å². The minimum absolute atomic E-state index is 0.124. The summed E-state index contributed by atoms with van der Waals surface area (Å²) in [6, 6.07) is 0. The topological polar surface area (TPSA) is 80.3 Å². The van der Waals surface area contributed by atoms with Crippen molar-refractivity contribution in [1.29, 1.82) is 0 Å². The fourth-order valence-corrected chi connectivity index (χ4v) is 3.07. The number of hydrogen-bond donors (Lipinski definition) is 0. The third-order valence-electron chi connectivity index (χ3n) is 3.70. The quantitative estimate of drug-likeness (QED) is 0.782. The number of aromatic nitrogens is 4. The summed E-state index contributed by atoms with van der Waals surface area (Å²) in [7, 11) is 1.64. The van der Waals surface area contributed by atoms with E-state index >= 15 is 0 Å². The Morgan fingerprint density at radius 1 is 1.32 bits per heavy atom. The summed E-state index contributed by atoms with van der Waals surface area (Å²) in [5.41, 5.74) is 0.720. The van der Waals surface area contributed by atoms with Gasteiger partial charge in [-0.25, -0.2) is 4.68 Å². The van der Waals surface area contributed by atoms with Crippen LogP contribution in [0.3, 0.4) is 0 Å². The Balaban J connectivity index is 1.64. The van der Waals surface area contributed by atoms with Crippen LogP contribution in [0.4, 0.5) is 5.69 Å². The standard InChI is InChI=1S/C13H17BrN6O2/c1-9-16-11(22-17-9)8-19-3-5-20(6-4-19)10-7-15-18(2)13(21)12(10)14/h7H,3-6,8H2,1-2H3. The van der Waals surface area contributed by atoms with Crippen LogP contribution in [0, 0.1) is 6.92 Å². The van der Waals surface area contributed by atoms with E-state index in [1.165, 1.54) is 4.68 Å². The van der Waals surface area contributed by atoms with Crippen molar-refractivity contribution in [2.75, 3.05) is 31.1 Å². The second-order valence-electron chi connectivity index (χ2n) is 5.27. The molecule has 9 heteroatoms. The number of hydrogen-bond acceptors (Lipinski definition) is 7. The molecule has 0 aromatic carbocycles. The van der Waals surface area contributed by atoms with Gasteiger partial charge < -0.3 is 9.42 Å². The second-order valence-corrected chi connectivity index (χ2v) is 6.06. The minimum atomic E-state index is -0.124. The lowest BCUT2D eigenvalue weighted by atomic mass is 10.3. The molecule has 0 N–H and O–H groups in total. The predicted molar refractivity (Wildman–Crippen MR) is 83.7 cm³/mol. The molecule has 0 unspecified atom stereocenters. The average Bonchev–Trinajstić information content (AvgIpc) is 2.91. The molecule has 0 atom stereocenters. The van der Waals surface area contributed by atoms with E-state index < -0.39 is 0 Å². The molecule has 3 rings (SSSR count). The molecule has 1 fully saturated rings. The highest BCUT2D eigenvalue weighted by Crippen LogP contribution is 2.22. The van der Waals surface area contributed by atoms with E-state index in [2.05, 4.69) is 41.0 Å². The maximum Gasteiger partial charge on any atom is 0.282 e. The molecule has 1 aliphatic heterocycles. The van der Waals surface area contributed by atoms with Gasteiger partial charge in [0.1, 0.15) is 4.47 Å². The minimum Gasteiger partial charge on any atom is -0.367 e. The first kappa shape index (κ1) is 15.2. The molecule has 0 saturated carbocycles. The number of anilines is 1. The van der Waals surface area contributed by atoms with Gasteiger partial charge in [0.05, 0.1) is 18.4 Å². The first-order valence-electron chi connectivity index (χ1n) is 7.03. The van der Waals surface area contributed by atoms with Crippen LogP contribution in [0.2, 0.25) is 0 Å². The molecule has 1 aliphatic rings. The van der Waals surface area contributed by atoms with E-state index in [1.54, 1.807) is 13.2 Å². The van der Waals surface area contributed by atoms with E-state index in [4.69, 9.17) is 4.52 Å². The third-order valence-corrected chi connectivity index (χ3v) is 4.45. The van der Waals surface area contributed by atoms with Crippen molar-refractivity contribution >= 4 is 21.6 Å². The molecule has 0 bridgehead atoms. The monoisotopic (exact) mass is 368 g/mol. The van der Waals surface area contributed by atoms with Crippen LogP contribution in [0.1, 0.15) is 11.7 Å². The molecule has 0 radical (unpaired) electrons. The van der Waals surface area contributed by atoms with Crippen LogP contribution in [0.15, 0.2) is 20.0 Å². The lowest BCUT2D eigenvalue weighted by Gasteiger charge is -2.35. The molecule has 118 valence electrons. The number of aryl methyl sites for hydroxylation is 2. The summed E-state index contributed by atoms with van der Waals surface area (Å²) in [4.78, 5) is 20.6. The fourth-order valence-electron chi connectivity index (χ4n) is 2.46. The Labute approximate surface area is 135 Å². The highest BCUT2D eigenvalue weighted by molar-refractivity contribution is 9.10. The van der Waals surface area contributed by atoms with Crippen molar-refractivity contribution in [3.05, 3.63) is 32.7 Å². The normalized spacial score (nSPS) is 16.2. The Morgan fingerprint density at radius 3 is 2.68 bits per heavy atom. The van der Waals surface area contributed by atoms with Crippen molar-refractivity contribution in [3.63, 3.8) is 0 Å². The van der Waals surface area contributed by atoms with Crippen molar-refractivity contribution < 1.29 is 4.52 Å². The molecule has 0 aliphatic carbocycles. The van der Waals surface area contributed by atoms with E-state index in [-0.39, 0.29) is 5.56 Å². The zero-order valence-corrected chi connectivity index (χ0v) is 14.1. The summed E-state index contributed by atoms with van der Waals surface area (Å²) in [6.07, 6.45) is 1.72. The fraction of sp³-hybridized carbons (Fsp3) is 0.538. The van der Waals surface area contributed by atoms with E-state index in [1.807, 2.05) is 6.92 Å². The molecule has 0 amide bonds. The summed E-state index contributed by atoms with van der Waals surface area (Å²) >= 11 is 3.38. The number of nitrogens with zero attached hydrogens (tertiary/aromatic N) is 6. The molecule has 0 spiro atoms. The second kappa shape index (κ2) is 6.17. The highest BCUT2D eigenvalue weighted by atomic mass is 79.9. The molecule has 2 aromatic heterocycles. The Hall–Kier alpha value is -1.74. The van der Waals surface area contributed by atoms with Gasteiger partial charge in [0.2, 0.25) is 5.89 Å². The molecule has 3 heterocycles. The maximum atomic E-state index is 11.9. The first-order valence-corrected chi connectivity index (χ1v) is 7.82. The van der Waals surface area contributed by atoms with E-state index in [9.17, 15) is 4.79 Å². The summed E-state index contributed by atoms with van der Waals surface area (Å²) in [6.45, 7) is 5.84. The zero-order valence-electron chi connectivity index (χ0n) is 12.5. The van der Waals surface area contributed by atoms with Crippen LogP contribution in [-0.2, 0) is 13.6 Å². The first-order chi connectivity index (χ1) is 10.5. The zero-order chi connectivity index (χ0) is 15.7. The van der Waals surface area contributed by atoms with Crippen LogP contribution in [0.25, 0.3) is 0 Å². The van der Waals surface area contributed by atoms with E-state index in [0.717, 1.165) is 31.9 Å². The van der Waals surface area contributed by atoms with Gasteiger partial charge in [-0.15, -0.1) is 0 Å². The van der Waals surface area contributed by atoms with Gasteiger partial charge in [-0.3, -0.25) is 9.69 Å². The van der Waals surface area contributed by atoms with E-state index in [0.29, 0.717) is 22.7 Å². The highest BCUT2D eigenvalue weighted by Gasteiger charge is 2.21. The van der Waals surface area contributed by atoms with Crippen LogP contribution >= 0.6 is 15.9 Å². The Morgan fingerprint density at radius 2 is 2.05 bits per heavy atom. The number of rotatable bonds is 3. The number of halogens is 1. The molecular formula is C13H17BrN6O2. The van der Waals surface area contributed by atoms with Gasteiger partial charge in [-0.2, -0.15) is 10.1 Å². The molecule has 8 nitrogen and oxygen atoms in total. The van der Waals surface area contributed by atoms with Crippen LogP contribution in [0.5, 0.6) is 0 Å². The SMILES string of the molecule is Cc1noc(CN2CCN(c3cnn(C)c(=O)c3Br)CC2)n1. The maximum absolute atomic E-state index is 11.9. The van der Waals surface area contributed by atoms with Gasteiger partial charge in [0, 0.05) is 33.2 Å². The Kier molecular flexibility index (Phi) is 4.25. The molecule has 22 heavy (non-hydrogen) atoms. The van der Waals surface area contributed by atoms with Gasteiger partial charge in [-0.05, 0) is 22.9 Å². The third kappa shape index (κ3) is 3.05. The van der Waals surface area contributed by atoms with Crippen molar-refractivity contribution in [3.8, 4) is 0 Å². The number of piperazine rings is 1. The molecular weight excluding hydrogens is 352 g/mol.